The van der Waals surface area contributed by atoms with E-state index in [1.807, 2.05) is 24.3 Å². The highest BCUT2D eigenvalue weighted by Crippen LogP contribution is 2.12. The lowest BCUT2D eigenvalue weighted by atomic mass is 10.3. The van der Waals surface area contributed by atoms with Gasteiger partial charge in [-0.05, 0) is 40.8 Å². The first-order valence-electron chi connectivity index (χ1n) is 4.00. The molecular weight excluding hydrogens is 293 g/mol. The fourth-order valence-corrected chi connectivity index (χ4v) is 1.43. The summed E-state index contributed by atoms with van der Waals surface area (Å²) in [5, 5.41) is 11.6. The highest BCUT2D eigenvalue weighted by Gasteiger charge is 2.02. The zero-order chi connectivity index (χ0) is 10.6. The van der Waals surface area contributed by atoms with Gasteiger partial charge in [0.25, 0.3) is 0 Å². The van der Waals surface area contributed by atoms with Crippen molar-refractivity contribution in [1.29, 1.82) is 0 Å². The van der Waals surface area contributed by atoms with Crippen molar-refractivity contribution >= 4 is 34.2 Å². The molecule has 0 aliphatic carbocycles. The van der Waals surface area contributed by atoms with Crippen LogP contribution in [0.2, 0.25) is 0 Å². The molecule has 0 atom stereocenters. The Morgan fingerprint density at radius 3 is 2.86 bits per heavy atom. The number of carboxylic acids is 1. The summed E-state index contributed by atoms with van der Waals surface area (Å²) in [4.78, 5) is 10.4. The second-order valence-electron chi connectivity index (χ2n) is 2.77. The Morgan fingerprint density at radius 2 is 2.29 bits per heavy atom. The van der Waals surface area contributed by atoms with Crippen LogP contribution in [-0.4, -0.2) is 17.6 Å². The van der Waals surface area contributed by atoms with Crippen molar-refractivity contribution in [2.24, 2.45) is 0 Å². The number of carbonyl (C=O) groups is 1. The van der Waals surface area contributed by atoms with Crippen LogP contribution in [0, 0.1) is 3.57 Å². The van der Waals surface area contributed by atoms with Gasteiger partial charge in [-0.15, -0.1) is 0 Å². The quantitative estimate of drug-likeness (QED) is 0.663. The van der Waals surface area contributed by atoms with Crippen LogP contribution >= 0.6 is 22.6 Å². The number of hydrogen-bond acceptors (Lipinski definition) is 2. The van der Waals surface area contributed by atoms with E-state index in [1.54, 1.807) is 0 Å². The van der Waals surface area contributed by atoms with E-state index in [-0.39, 0.29) is 12.1 Å². The van der Waals surface area contributed by atoms with Crippen LogP contribution in [0.25, 0.3) is 0 Å². The van der Waals surface area contributed by atoms with E-state index < -0.39 is 5.97 Å². The normalized spacial score (nSPS) is 9.50. The van der Waals surface area contributed by atoms with Crippen molar-refractivity contribution in [3.63, 3.8) is 0 Å². The van der Waals surface area contributed by atoms with E-state index in [1.165, 1.54) is 0 Å². The predicted molar refractivity (Wildman–Crippen MR) is 64.4 cm³/mol. The van der Waals surface area contributed by atoms with Gasteiger partial charge in [0.15, 0.2) is 0 Å². The van der Waals surface area contributed by atoms with Crippen LogP contribution in [0.3, 0.4) is 0 Å². The fourth-order valence-electron chi connectivity index (χ4n) is 0.883. The first kappa shape index (κ1) is 11.0. The Bertz CT molecular complexity index is 363. The molecule has 0 saturated carbocycles. The number of carboxylic acid groups (broad SMARTS) is 1. The zero-order valence-corrected chi connectivity index (χ0v) is 9.61. The molecule has 0 radical (unpaired) electrons. The van der Waals surface area contributed by atoms with Gasteiger partial charge >= 0.3 is 5.97 Å². The molecule has 0 saturated heterocycles. The number of hydrogen-bond donors (Lipinski definition) is 2. The minimum atomic E-state index is -0.969. The molecule has 0 heterocycles. The average molecular weight is 303 g/mol. The van der Waals surface area contributed by atoms with E-state index in [9.17, 15) is 4.79 Å². The van der Waals surface area contributed by atoms with Gasteiger partial charge in [0.05, 0.1) is 0 Å². The minimum absolute atomic E-state index is 0.156. The molecule has 2 N–H and O–H groups in total. The standard InChI is InChI=1S/C10H10INO2/c1-7(10(13)14)6-12-9-4-2-3-8(11)5-9/h2-5,12H,1,6H2,(H,13,14). The van der Waals surface area contributed by atoms with Gasteiger partial charge in [0.1, 0.15) is 0 Å². The molecule has 0 aliphatic heterocycles. The maximum atomic E-state index is 10.4. The van der Waals surface area contributed by atoms with Crippen molar-refractivity contribution in [3.05, 3.63) is 40.0 Å². The van der Waals surface area contributed by atoms with Crippen LogP contribution in [-0.2, 0) is 4.79 Å². The van der Waals surface area contributed by atoms with E-state index in [0.29, 0.717) is 0 Å². The second-order valence-corrected chi connectivity index (χ2v) is 4.02. The summed E-state index contributed by atoms with van der Waals surface area (Å²) in [6.07, 6.45) is 0. The molecule has 0 spiro atoms. The van der Waals surface area contributed by atoms with E-state index >= 15 is 0 Å². The van der Waals surface area contributed by atoms with Gasteiger partial charge in [-0.1, -0.05) is 12.6 Å². The summed E-state index contributed by atoms with van der Waals surface area (Å²) >= 11 is 2.20. The van der Waals surface area contributed by atoms with Crippen molar-refractivity contribution < 1.29 is 9.90 Å². The average Bonchev–Trinajstić information content (AvgIpc) is 2.14. The Kier molecular flexibility index (Phi) is 3.94. The van der Waals surface area contributed by atoms with Crippen molar-refractivity contribution in [2.75, 3.05) is 11.9 Å². The lowest BCUT2D eigenvalue weighted by molar-refractivity contribution is -0.132. The topological polar surface area (TPSA) is 49.3 Å². The molecule has 1 aromatic rings. The number of benzene rings is 1. The predicted octanol–water partition coefficient (Wildman–Crippen LogP) is 2.34. The van der Waals surface area contributed by atoms with Crippen molar-refractivity contribution in [3.8, 4) is 0 Å². The van der Waals surface area contributed by atoms with Gasteiger partial charge in [-0.25, -0.2) is 4.79 Å². The largest absolute Gasteiger partial charge is 0.478 e. The molecule has 0 fully saturated rings. The molecule has 0 bridgehead atoms. The number of nitrogens with one attached hydrogen (secondary N) is 1. The summed E-state index contributed by atoms with van der Waals surface area (Å²) in [6.45, 7) is 3.69. The number of rotatable bonds is 4. The third-order valence-electron chi connectivity index (χ3n) is 1.63. The van der Waals surface area contributed by atoms with E-state index in [4.69, 9.17) is 5.11 Å². The Hall–Kier alpha value is -1.04. The number of anilines is 1. The number of aliphatic carboxylic acids is 1. The smallest absolute Gasteiger partial charge is 0.332 e. The minimum Gasteiger partial charge on any atom is -0.478 e. The molecule has 0 aromatic heterocycles. The third kappa shape index (κ3) is 3.37. The fraction of sp³-hybridized carbons (Fsp3) is 0.100. The van der Waals surface area contributed by atoms with E-state index in [0.717, 1.165) is 9.26 Å². The molecule has 3 nitrogen and oxygen atoms in total. The van der Waals surface area contributed by atoms with Crippen molar-refractivity contribution in [2.45, 2.75) is 0 Å². The van der Waals surface area contributed by atoms with Crippen LogP contribution < -0.4 is 5.32 Å². The maximum absolute atomic E-state index is 10.4. The van der Waals surface area contributed by atoms with Gasteiger partial charge in [-0.3, -0.25) is 0 Å². The Morgan fingerprint density at radius 1 is 1.57 bits per heavy atom. The Labute approximate surface area is 96.0 Å². The van der Waals surface area contributed by atoms with Gasteiger partial charge in [-0.2, -0.15) is 0 Å². The molecule has 14 heavy (non-hydrogen) atoms. The molecule has 0 amide bonds. The molecule has 4 heteroatoms. The zero-order valence-electron chi connectivity index (χ0n) is 7.46. The number of halogens is 1. The van der Waals surface area contributed by atoms with Gasteiger partial charge in [0.2, 0.25) is 0 Å². The first-order chi connectivity index (χ1) is 6.59. The highest BCUT2D eigenvalue weighted by atomic mass is 127. The maximum Gasteiger partial charge on any atom is 0.332 e. The lowest BCUT2D eigenvalue weighted by Crippen LogP contribution is -2.11. The lowest BCUT2D eigenvalue weighted by Gasteiger charge is -2.05. The SMILES string of the molecule is C=C(CNc1cccc(I)c1)C(=O)O. The summed E-state index contributed by atoms with van der Waals surface area (Å²) in [6, 6.07) is 7.71. The van der Waals surface area contributed by atoms with Gasteiger partial charge in [0, 0.05) is 21.4 Å². The summed E-state index contributed by atoms with van der Waals surface area (Å²) in [5.74, 6) is -0.969. The molecular formula is C10H10INO2. The molecule has 1 aromatic carbocycles. The highest BCUT2D eigenvalue weighted by molar-refractivity contribution is 14.1. The van der Waals surface area contributed by atoms with E-state index in [2.05, 4.69) is 34.5 Å². The summed E-state index contributed by atoms with van der Waals surface area (Å²) in [5.41, 5.74) is 1.06. The first-order valence-corrected chi connectivity index (χ1v) is 5.08. The summed E-state index contributed by atoms with van der Waals surface area (Å²) in [7, 11) is 0. The van der Waals surface area contributed by atoms with Crippen LogP contribution in [0.4, 0.5) is 5.69 Å². The van der Waals surface area contributed by atoms with Crippen LogP contribution in [0.1, 0.15) is 0 Å². The third-order valence-corrected chi connectivity index (χ3v) is 2.30. The molecule has 0 unspecified atom stereocenters. The van der Waals surface area contributed by atoms with Crippen LogP contribution in [0.5, 0.6) is 0 Å². The van der Waals surface area contributed by atoms with Gasteiger partial charge < -0.3 is 10.4 Å². The molecule has 1 rings (SSSR count). The monoisotopic (exact) mass is 303 g/mol. The molecule has 0 aliphatic rings. The molecule has 74 valence electrons. The Balaban J connectivity index is 2.54. The second kappa shape index (κ2) is 4.99. The summed E-state index contributed by atoms with van der Waals surface area (Å²) < 4.78 is 1.11. The van der Waals surface area contributed by atoms with Crippen molar-refractivity contribution in [1.82, 2.24) is 0 Å². The van der Waals surface area contributed by atoms with Crippen LogP contribution in [0.15, 0.2) is 36.4 Å².